The minimum atomic E-state index is -0.681. The molecule has 0 spiro atoms. The first-order chi connectivity index (χ1) is 22.1. The summed E-state index contributed by atoms with van der Waals surface area (Å²) in [6.07, 6.45) is 4.04. The van der Waals surface area contributed by atoms with Gasteiger partial charge in [-0.15, -0.1) is 20.5 Å². The highest BCUT2D eigenvalue weighted by atomic mass is 16.5. The molecule has 0 unspecified atom stereocenters. The molecule has 0 fully saturated rings. The first kappa shape index (κ1) is 31.3. The lowest BCUT2D eigenvalue weighted by molar-refractivity contribution is 0.0601. The standard InChI is InChI=1S/C26H30N16O4/c1-13-20(33-35-22-15(17(44)11-43)9-31-39(22)5)24(27-3)41(37-13)18-8-19(30-12-29-18)42-25(28-4)21(14(2)38-42)34-36-23-16(26(45)46-7)10-32-40(23)6/h8-10,12,27-28,43H,11H2,1-7H3. The van der Waals surface area contributed by atoms with E-state index in [0.717, 1.165) is 0 Å². The zero-order chi connectivity index (χ0) is 33.1. The van der Waals surface area contributed by atoms with Gasteiger partial charge < -0.3 is 20.5 Å². The highest BCUT2D eigenvalue weighted by Gasteiger charge is 2.22. The van der Waals surface area contributed by atoms with Gasteiger partial charge in [-0.25, -0.2) is 24.1 Å². The third-order valence-corrected chi connectivity index (χ3v) is 6.76. The summed E-state index contributed by atoms with van der Waals surface area (Å²) in [5.41, 5.74) is 2.14. The van der Waals surface area contributed by atoms with E-state index < -0.39 is 18.4 Å². The lowest BCUT2D eigenvalue weighted by Crippen LogP contribution is -2.09. The van der Waals surface area contributed by atoms with Crippen LogP contribution < -0.4 is 10.6 Å². The predicted molar refractivity (Wildman–Crippen MR) is 162 cm³/mol. The number of carbonyl (C=O) groups is 2. The molecule has 3 N–H and O–H groups in total. The van der Waals surface area contributed by atoms with E-state index in [0.29, 0.717) is 46.0 Å². The van der Waals surface area contributed by atoms with Crippen LogP contribution in [-0.2, 0) is 18.8 Å². The van der Waals surface area contributed by atoms with Gasteiger partial charge in [0.05, 0.1) is 36.5 Å². The summed E-state index contributed by atoms with van der Waals surface area (Å²) in [4.78, 5) is 33.1. The fourth-order valence-electron chi connectivity index (χ4n) is 4.46. The summed E-state index contributed by atoms with van der Waals surface area (Å²) in [5.74, 6) is 0.976. The number of hydrogen-bond donors (Lipinski definition) is 3. The summed E-state index contributed by atoms with van der Waals surface area (Å²) < 4.78 is 10.7. The van der Waals surface area contributed by atoms with Crippen molar-refractivity contribution in [3.63, 3.8) is 0 Å². The quantitative estimate of drug-likeness (QED) is 0.109. The van der Waals surface area contributed by atoms with Gasteiger partial charge in [-0.1, -0.05) is 0 Å². The van der Waals surface area contributed by atoms with Crippen molar-refractivity contribution in [2.75, 3.05) is 38.4 Å². The van der Waals surface area contributed by atoms with Crippen LogP contribution in [0.4, 0.5) is 34.6 Å². The van der Waals surface area contributed by atoms with Crippen LogP contribution in [0.2, 0.25) is 0 Å². The van der Waals surface area contributed by atoms with Crippen LogP contribution in [0.1, 0.15) is 32.1 Å². The first-order valence-corrected chi connectivity index (χ1v) is 13.6. The minimum Gasteiger partial charge on any atom is -0.465 e. The van der Waals surface area contributed by atoms with Crippen LogP contribution >= 0.6 is 0 Å². The Morgan fingerprint density at radius 2 is 1.30 bits per heavy atom. The van der Waals surface area contributed by atoms with Crippen molar-refractivity contribution >= 4 is 46.4 Å². The van der Waals surface area contributed by atoms with Crippen LogP contribution in [0.25, 0.3) is 11.6 Å². The maximum Gasteiger partial charge on any atom is 0.343 e. The Kier molecular flexibility index (Phi) is 8.71. The number of hydrogen-bond acceptors (Lipinski definition) is 16. The average molecular weight is 631 g/mol. The van der Waals surface area contributed by atoms with Gasteiger partial charge >= 0.3 is 5.97 Å². The van der Waals surface area contributed by atoms with Gasteiger partial charge in [-0.3, -0.25) is 4.79 Å². The van der Waals surface area contributed by atoms with Crippen LogP contribution in [0, 0.1) is 13.8 Å². The Labute approximate surface area is 260 Å². The number of ketones is 1. The molecule has 0 radical (unpaired) electrons. The van der Waals surface area contributed by atoms with Crippen molar-refractivity contribution in [3.05, 3.63) is 47.3 Å². The molecule has 46 heavy (non-hydrogen) atoms. The Morgan fingerprint density at radius 3 is 1.76 bits per heavy atom. The second-order valence-electron chi connectivity index (χ2n) is 9.61. The number of aliphatic hydroxyl groups is 1. The maximum atomic E-state index is 12.1. The van der Waals surface area contributed by atoms with E-state index >= 15 is 0 Å². The third-order valence-electron chi connectivity index (χ3n) is 6.76. The molecule has 0 bridgehead atoms. The molecule has 5 aromatic heterocycles. The van der Waals surface area contributed by atoms with Gasteiger partial charge in [0, 0.05) is 34.3 Å². The number of methoxy groups -OCH3 is 1. The fourth-order valence-corrected chi connectivity index (χ4v) is 4.46. The number of azo groups is 2. The van der Waals surface area contributed by atoms with E-state index in [9.17, 15) is 14.7 Å². The Hall–Kier alpha value is -6.18. The number of rotatable bonds is 11. The number of aliphatic hydroxyl groups excluding tert-OH is 1. The lowest BCUT2D eigenvalue weighted by atomic mass is 10.2. The van der Waals surface area contributed by atoms with Gasteiger partial charge in [-0.2, -0.15) is 29.8 Å². The highest BCUT2D eigenvalue weighted by molar-refractivity contribution is 6.00. The number of anilines is 2. The van der Waals surface area contributed by atoms with E-state index in [-0.39, 0.29) is 22.8 Å². The molecule has 5 heterocycles. The number of nitrogens with one attached hydrogen (secondary N) is 2. The number of ether oxygens (including phenoxy) is 1. The average Bonchev–Trinajstić information content (AvgIpc) is 3.80. The van der Waals surface area contributed by atoms with Crippen molar-refractivity contribution in [3.8, 4) is 11.6 Å². The smallest absolute Gasteiger partial charge is 0.343 e. The largest absolute Gasteiger partial charge is 0.465 e. The summed E-state index contributed by atoms with van der Waals surface area (Å²) in [6.45, 7) is 2.82. The van der Waals surface area contributed by atoms with Crippen molar-refractivity contribution < 1.29 is 19.4 Å². The van der Waals surface area contributed by atoms with Crippen LogP contribution in [0.5, 0.6) is 0 Å². The number of Topliss-reactive ketones (excluding diaryl/α,β-unsaturated/α-hetero) is 1. The van der Waals surface area contributed by atoms with Gasteiger partial charge in [0.25, 0.3) is 0 Å². The molecule has 0 amide bonds. The van der Waals surface area contributed by atoms with Crippen LogP contribution in [0.3, 0.4) is 0 Å². The zero-order valence-corrected chi connectivity index (χ0v) is 25.9. The lowest BCUT2D eigenvalue weighted by Gasteiger charge is -2.09. The highest BCUT2D eigenvalue weighted by Crippen LogP contribution is 2.35. The molecule has 238 valence electrons. The Bertz CT molecular complexity index is 1860. The van der Waals surface area contributed by atoms with Gasteiger partial charge in [0.15, 0.2) is 52.1 Å². The molecule has 5 rings (SSSR count). The normalized spacial score (nSPS) is 11.6. The monoisotopic (exact) mass is 630 g/mol. The maximum absolute atomic E-state index is 12.1. The van der Waals surface area contributed by atoms with Crippen LogP contribution in [-0.4, -0.2) is 93.8 Å². The van der Waals surface area contributed by atoms with E-state index in [4.69, 9.17) is 4.74 Å². The van der Waals surface area contributed by atoms with Crippen LogP contribution in [0.15, 0.2) is 45.2 Å². The SMILES string of the molecule is CNc1c(N=Nc2c(C(=O)CO)cnn2C)c(C)nn1-c1cc(-n2nc(C)c(N=Nc3c(C(=O)OC)cnn3C)c2NC)ncn1. The van der Waals surface area contributed by atoms with E-state index in [2.05, 4.69) is 61.5 Å². The summed E-state index contributed by atoms with van der Waals surface area (Å²) in [7, 11) is 7.92. The number of nitrogens with zero attached hydrogens (tertiary/aromatic N) is 14. The Morgan fingerprint density at radius 1 is 0.826 bits per heavy atom. The molecule has 0 aliphatic rings. The zero-order valence-electron chi connectivity index (χ0n) is 25.9. The molecule has 0 aliphatic carbocycles. The van der Waals surface area contributed by atoms with Gasteiger partial charge in [0.1, 0.15) is 18.5 Å². The molecule has 20 nitrogen and oxygen atoms in total. The Balaban J connectivity index is 1.52. The predicted octanol–water partition coefficient (Wildman–Crippen LogP) is 2.81. The minimum absolute atomic E-state index is 0.142. The summed E-state index contributed by atoms with van der Waals surface area (Å²) >= 11 is 0. The van der Waals surface area contributed by atoms with Gasteiger partial charge in [-0.05, 0) is 13.8 Å². The second kappa shape index (κ2) is 12.8. The molecule has 0 saturated heterocycles. The first-order valence-electron chi connectivity index (χ1n) is 13.6. The molecular formula is C26H30N16O4. The number of aryl methyl sites for hydroxylation is 4. The molecule has 0 saturated carbocycles. The van der Waals surface area contributed by atoms with E-state index in [1.54, 1.807) is 48.1 Å². The van der Waals surface area contributed by atoms with E-state index in [1.807, 2.05) is 0 Å². The topological polar surface area (TPSA) is 234 Å². The molecule has 0 aromatic carbocycles. The second-order valence-corrected chi connectivity index (χ2v) is 9.61. The molecule has 0 aliphatic heterocycles. The molecule has 0 atom stereocenters. The molecule has 5 aromatic rings. The number of carbonyl (C=O) groups excluding carboxylic acids is 2. The number of esters is 1. The van der Waals surface area contributed by atoms with Crippen molar-refractivity contribution in [2.45, 2.75) is 13.8 Å². The third kappa shape index (κ3) is 5.58. The summed E-state index contributed by atoms with van der Waals surface area (Å²) in [5, 5.41) is 50.0. The fraction of sp³-hybridized carbons (Fsp3) is 0.308. The number of aromatic nitrogens is 10. The summed E-state index contributed by atoms with van der Waals surface area (Å²) in [6, 6.07) is 1.66. The molecular weight excluding hydrogens is 600 g/mol. The van der Waals surface area contributed by atoms with Gasteiger partial charge in [0.2, 0.25) is 0 Å². The van der Waals surface area contributed by atoms with Crippen molar-refractivity contribution in [2.24, 2.45) is 34.6 Å². The van der Waals surface area contributed by atoms with Crippen molar-refractivity contribution in [1.82, 2.24) is 49.1 Å². The van der Waals surface area contributed by atoms with E-state index in [1.165, 1.54) is 44.6 Å². The molecule has 20 heteroatoms. The van der Waals surface area contributed by atoms with Crippen molar-refractivity contribution in [1.29, 1.82) is 0 Å².